The highest BCUT2D eigenvalue weighted by Gasteiger charge is 2.34. The molecule has 2 fully saturated rings. The van der Waals surface area contributed by atoms with Crippen molar-refractivity contribution in [3.63, 3.8) is 0 Å². The van der Waals surface area contributed by atoms with Crippen LogP contribution in [0.15, 0.2) is 29.2 Å². The van der Waals surface area contributed by atoms with Crippen LogP contribution in [0, 0.1) is 5.82 Å². The second-order valence-corrected chi connectivity index (χ2v) is 7.65. The van der Waals surface area contributed by atoms with E-state index in [9.17, 15) is 14.0 Å². The molecule has 1 aromatic rings. The van der Waals surface area contributed by atoms with Gasteiger partial charge in [-0.3, -0.25) is 14.5 Å². The van der Waals surface area contributed by atoms with Crippen LogP contribution in [-0.4, -0.2) is 70.6 Å². The lowest BCUT2D eigenvalue weighted by atomic mass is 10.2. The molecule has 0 aromatic heterocycles. The predicted molar refractivity (Wildman–Crippen MR) is 100 cm³/mol. The van der Waals surface area contributed by atoms with Gasteiger partial charge in [0.1, 0.15) is 16.7 Å². The Hall–Kier alpha value is -1.77. The maximum Gasteiger partial charge on any atom is 0.266 e. The molecule has 0 N–H and O–H groups in total. The summed E-state index contributed by atoms with van der Waals surface area (Å²) in [5, 5.41) is 0. The Bertz CT molecular complexity index is 745. The van der Waals surface area contributed by atoms with Crippen LogP contribution in [0.5, 0.6) is 0 Å². The third-order valence-electron chi connectivity index (χ3n) is 4.21. The van der Waals surface area contributed by atoms with Gasteiger partial charge in [-0.25, -0.2) is 4.39 Å². The minimum absolute atomic E-state index is 0.0665. The summed E-state index contributed by atoms with van der Waals surface area (Å²) in [5.74, 6) is -0.862. The largest absolute Gasteiger partial charge is 0.339 e. The lowest BCUT2D eigenvalue weighted by Crippen LogP contribution is -2.50. The number of thiocarbonyl (C=S) groups is 1. The summed E-state index contributed by atoms with van der Waals surface area (Å²) in [6.07, 6.45) is 1.48. The zero-order chi connectivity index (χ0) is 18.0. The molecular formula is C17H18FN3O2S2. The molecule has 0 radical (unpaired) electrons. The summed E-state index contributed by atoms with van der Waals surface area (Å²) in [7, 11) is 2.01. The molecule has 25 heavy (non-hydrogen) atoms. The predicted octanol–water partition coefficient (Wildman–Crippen LogP) is 1.80. The summed E-state index contributed by atoms with van der Waals surface area (Å²) in [4.78, 5) is 30.5. The number of benzene rings is 1. The van der Waals surface area contributed by atoms with E-state index >= 15 is 0 Å². The topological polar surface area (TPSA) is 43.9 Å². The first-order valence-electron chi connectivity index (χ1n) is 7.92. The fourth-order valence-corrected chi connectivity index (χ4v) is 3.91. The van der Waals surface area contributed by atoms with Gasteiger partial charge in [-0.2, -0.15) is 0 Å². The summed E-state index contributed by atoms with van der Waals surface area (Å²) in [6, 6.07) is 6.22. The molecule has 2 aliphatic heterocycles. The van der Waals surface area contributed by atoms with Gasteiger partial charge < -0.3 is 9.80 Å². The maximum atomic E-state index is 13.8. The molecule has 0 unspecified atom stereocenters. The first-order chi connectivity index (χ1) is 12.0. The van der Waals surface area contributed by atoms with Crippen molar-refractivity contribution < 1.29 is 14.0 Å². The van der Waals surface area contributed by atoms with Gasteiger partial charge in [0.05, 0.1) is 4.91 Å². The van der Waals surface area contributed by atoms with E-state index in [2.05, 4.69) is 4.90 Å². The van der Waals surface area contributed by atoms with Gasteiger partial charge in [-0.05, 0) is 19.2 Å². The second kappa shape index (κ2) is 7.63. The molecular weight excluding hydrogens is 361 g/mol. The van der Waals surface area contributed by atoms with Crippen molar-refractivity contribution >= 4 is 46.2 Å². The number of piperazine rings is 1. The van der Waals surface area contributed by atoms with Gasteiger partial charge in [0, 0.05) is 31.7 Å². The molecule has 0 saturated carbocycles. The number of amides is 2. The Morgan fingerprint density at radius 2 is 1.96 bits per heavy atom. The molecule has 0 aliphatic carbocycles. The van der Waals surface area contributed by atoms with Crippen molar-refractivity contribution in [1.29, 1.82) is 0 Å². The summed E-state index contributed by atoms with van der Waals surface area (Å²) < 4.78 is 14.1. The third kappa shape index (κ3) is 4.08. The van der Waals surface area contributed by atoms with E-state index in [0.29, 0.717) is 27.9 Å². The molecule has 2 heterocycles. The molecule has 0 atom stereocenters. The average Bonchev–Trinajstić information content (AvgIpc) is 2.85. The maximum absolute atomic E-state index is 13.8. The molecule has 5 nitrogen and oxygen atoms in total. The Kier molecular flexibility index (Phi) is 5.51. The minimum Gasteiger partial charge on any atom is -0.339 e. The molecule has 1 aromatic carbocycles. The summed E-state index contributed by atoms with van der Waals surface area (Å²) >= 11 is 6.33. The highest BCUT2D eigenvalue weighted by atomic mass is 32.2. The number of thioether (sulfide) groups is 1. The van der Waals surface area contributed by atoms with Crippen molar-refractivity contribution in [2.24, 2.45) is 0 Å². The van der Waals surface area contributed by atoms with Gasteiger partial charge in [0.2, 0.25) is 5.91 Å². The molecule has 2 aliphatic rings. The van der Waals surface area contributed by atoms with Crippen LogP contribution in [0.2, 0.25) is 0 Å². The van der Waals surface area contributed by atoms with Crippen molar-refractivity contribution in [3.05, 3.63) is 40.6 Å². The van der Waals surface area contributed by atoms with Crippen molar-refractivity contribution in [3.8, 4) is 0 Å². The third-order valence-corrected chi connectivity index (χ3v) is 5.59. The quantitative estimate of drug-likeness (QED) is 0.592. The van der Waals surface area contributed by atoms with Gasteiger partial charge in [-0.1, -0.05) is 42.2 Å². The number of hydrogen-bond donors (Lipinski definition) is 0. The lowest BCUT2D eigenvalue weighted by molar-refractivity contribution is -0.136. The Morgan fingerprint density at radius 1 is 1.28 bits per heavy atom. The fourth-order valence-electron chi connectivity index (χ4n) is 2.66. The van der Waals surface area contributed by atoms with Crippen LogP contribution in [-0.2, 0) is 9.59 Å². The van der Waals surface area contributed by atoms with Crippen LogP contribution in [0.4, 0.5) is 4.39 Å². The Morgan fingerprint density at radius 3 is 2.64 bits per heavy atom. The molecule has 132 valence electrons. The Labute approximate surface area is 155 Å². The number of rotatable bonds is 3. The van der Waals surface area contributed by atoms with Gasteiger partial charge >= 0.3 is 0 Å². The molecule has 2 amide bonds. The van der Waals surface area contributed by atoms with Crippen molar-refractivity contribution in [2.75, 3.05) is 39.8 Å². The SMILES string of the molecule is CN1CCN(C(=O)CN2C(=O)/C(=C/c3ccccc3F)SC2=S)CC1. The fraction of sp³-hybridized carbons (Fsp3) is 0.353. The monoisotopic (exact) mass is 379 g/mol. The van der Waals surface area contributed by atoms with Crippen LogP contribution < -0.4 is 0 Å². The van der Waals surface area contributed by atoms with E-state index in [1.165, 1.54) is 17.0 Å². The number of nitrogens with zero attached hydrogens (tertiary/aromatic N) is 3. The molecule has 0 bridgehead atoms. The zero-order valence-corrected chi connectivity index (χ0v) is 15.4. The number of likely N-dealkylation sites (N-methyl/N-ethyl adjacent to an activating group) is 1. The van der Waals surface area contributed by atoms with Crippen LogP contribution in [0.25, 0.3) is 6.08 Å². The minimum atomic E-state index is -0.402. The number of hydrogen-bond acceptors (Lipinski definition) is 5. The molecule has 2 saturated heterocycles. The first kappa shape index (κ1) is 18.0. The standard InChI is InChI=1S/C17H18FN3O2S2/c1-19-6-8-20(9-7-19)15(22)11-21-16(23)14(25-17(21)24)10-12-4-2-3-5-13(12)18/h2-5,10H,6-9,11H2,1H3/b14-10-. The normalized spacial score (nSPS) is 20.6. The first-order valence-corrected chi connectivity index (χ1v) is 9.14. The Balaban J connectivity index is 1.69. The number of carbonyl (C=O) groups is 2. The van der Waals surface area contributed by atoms with Crippen LogP contribution in [0.3, 0.4) is 0 Å². The van der Waals surface area contributed by atoms with Crippen molar-refractivity contribution in [1.82, 2.24) is 14.7 Å². The van der Waals surface area contributed by atoms with Gasteiger partial charge in [0.25, 0.3) is 5.91 Å². The van der Waals surface area contributed by atoms with E-state index in [0.717, 1.165) is 24.9 Å². The molecule has 0 spiro atoms. The van der Waals surface area contributed by atoms with E-state index in [1.54, 1.807) is 23.1 Å². The van der Waals surface area contributed by atoms with E-state index in [-0.39, 0.29) is 18.4 Å². The van der Waals surface area contributed by atoms with Crippen LogP contribution in [0.1, 0.15) is 5.56 Å². The van der Waals surface area contributed by atoms with Gasteiger partial charge in [0.15, 0.2) is 0 Å². The molecule has 8 heteroatoms. The number of halogens is 1. The highest BCUT2D eigenvalue weighted by molar-refractivity contribution is 8.26. The number of carbonyl (C=O) groups excluding carboxylic acids is 2. The van der Waals surface area contributed by atoms with E-state index < -0.39 is 5.82 Å². The smallest absolute Gasteiger partial charge is 0.266 e. The average molecular weight is 379 g/mol. The van der Waals surface area contributed by atoms with E-state index in [4.69, 9.17) is 12.2 Å². The zero-order valence-electron chi connectivity index (χ0n) is 13.8. The van der Waals surface area contributed by atoms with Gasteiger partial charge in [-0.15, -0.1) is 0 Å². The highest BCUT2D eigenvalue weighted by Crippen LogP contribution is 2.32. The lowest BCUT2D eigenvalue weighted by Gasteiger charge is -2.33. The van der Waals surface area contributed by atoms with Crippen molar-refractivity contribution in [2.45, 2.75) is 0 Å². The second-order valence-electron chi connectivity index (χ2n) is 5.97. The molecule has 3 rings (SSSR count). The summed E-state index contributed by atoms with van der Waals surface area (Å²) in [6.45, 7) is 2.86. The van der Waals surface area contributed by atoms with Crippen LogP contribution >= 0.6 is 24.0 Å². The van der Waals surface area contributed by atoms with E-state index in [1.807, 2.05) is 7.05 Å². The summed E-state index contributed by atoms with van der Waals surface area (Å²) in [5.41, 5.74) is 0.327.